The average Bonchev–Trinajstić information content (AvgIpc) is 2.86. The van der Waals surface area contributed by atoms with Gasteiger partial charge in [-0.3, -0.25) is 9.59 Å². The number of nitrogens with zero attached hydrogens (tertiary/aromatic N) is 1. The molecule has 1 aromatic carbocycles. The number of nitrogens with one attached hydrogen (secondary N) is 2. The molecule has 1 aromatic rings. The van der Waals surface area contributed by atoms with Crippen molar-refractivity contribution < 1.29 is 29.3 Å². The van der Waals surface area contributed by atoms with Crippen molar-refractivity contribution in [2.75, 3.05) is 26.3 Å². The first-order valence-electron chi connectivity index (χ1n) is 12.3. The highest BCUT2D eigenvalue weighted by molar-refractivity contribution is 5.85. The molecule has 0 radical (unpaired) electrons. The van der Waals surface area contributed by atoms with Crippen molar-refractivity contribution in [3.8, 4) is 0 Å². The molecule has 9 heteroatoms. The van der Waals surface area contributed by atoms with Crippen LogP contribution in [-0.4, -0.2) is 71.4 Å². The van der Waals surface area contributed by atoms with Gasteiger partial charge in [-0.25, -0.2) is 4.79 Å². The highest BCUT2D eigenvalue weighted by atomic mass is 16.5. The van der Waals surface area contributed by atoms with Crippen LogP contribution in [0.3, 0.4) is 0 Å². The molecule has 0 spiro atoms. The molecule has 2 aliphatic rings. The maximum absolute atomic E-state index is 12.8. The summed E-state index contributed by atoms with van der Waals surface area (Å²) in [6, 6.07) is 8.28. The molecule has 9 nitrogen and oxygen atoms in total. The summed E-state index contributed by atoms with van der Waals surface area (Å²) < 4.78 is 5.82. The summed E-state index contributed by atoms with van der Waals surface area (Å²) in [5, 5.41) is 24.0. The second kappa shape index (κ2) is 13.3. The van der Waals surface area contributed by atoms with E-state index in [-0.39, 0.29) is 31.5 Å². The Kier molecular flexibility index (Phi) is 10.2. The zero-order chi connectivity index (χ0) is 24.3. The smallest absolute Gasteiger partial charge is 0.405 e. The van der Waals surface area contributed by atoms with Gasteiger partial charge in [0.25, 0.3) is 0 Å². The van der Waals surface area contributed by atoms with Gasteiger partial charge in [0.15, 0.2) is 0 Å². The van der Waals surface area contributed by atoms with Gasteiger partial charge in [-0.1, -0.05) is 62.4 Å². The minimum absolute atomic E-state index is 0.0562. The molecular weight excluding hydrogens is 438 g/mol. The summed E-state index contributed by atoms with van der Waals surface area (Å²) in [6.45, 7) is 1.10. The molecule has 0 aromatic heterocycles. The van der Waals surface area contributed by atoms with Gasteiger partial charge in [0, 0.05) is 13.0 Å². The molecule has 1 unspecified atom stereocenters. The molecule has 3 atom stereocenters. The highest BCUT2D eigenvalue weighted by Gasteiger charge is 2.29. The van der Waals surface area contributed by atoms with Crippen LogP contribution in [0.2, 0.25) is 0 Å². The minimum Gasteiger partial charge on any atom is -0.465 e. The molecule has 1 aliphatic heterocycles. The van der Waals surface area contributed by atoms with Crippen LogP contribution in [0.15, 0.2) is 30.3 Å². The Morgan fingerprint density at radius 2 is 1.82 bits per heavy atom. The third kappa shape index (κ3) is 7.99. The Labute approximate surface area is 200 Å². The molecule has 1 aliphatic carbocycles. The quantitative estimate of drug-likeness (QED) is 0.412. The molecule has 2 fully saturated rings. The zero-order valence-electron chi connectivity index (χ0n) is 19.7. The fraction of sp³-hybridized carbons (Fsp3) is 0.640. The third-order valence-electron chi connectivity index (χ3n) is 6.77. The number of aliphatic hydroxyl groups is 1. The standard InChI is InChI=1S/C25H37N3O6/c29-17-20(26-24(31)21(27-25(32)33)15-18-7-3-1-4-8-18)11-12-23(30)28-13-14-34-22(16-28)19-9-5-2-6-10-19/h2,5-6,9-10,18,20-22,27,29H,1,3-4,7-8,11-17H2,(H,26,31)(H,32,33)/t20-,21-,22?/m0/s1. The largest absolute Gasteiger partial charge is 0.465 e. The minimum atomic E-state index is -1.24. The Balaban J connectivity index is 1.49. The van der Waals surface area contributed by atoms with Crippen molar-refractivity contribution in [1.29, 1.82) is 0 Å². The predicted octanol–water partition coefficient (Wildman–Crippen LogP) is 2.45. The van der Waals surface area contributed by atoms with Crippen LogP contribution in [0.5, 0.6) is 0 Å². The van der Waals surface area contributed by atoms with E-state index in [0.717, 1.165) is 31.2 Å². The Morgan fingerprint density at radius 1 is 1.09 bits per heavy atom. The first kappa shape index (κ1) is 26.0. The fourth-order valence-electron chi connectivity index (χ4n) is 4.85. The summed E-state index contributed by atoms with van der Waals surface area (Å²) in [5.74, 6) is -0.196. The first-order valence-corrected chi connectivity index (χ1v) is 12.3. The van der Waals surface area contributed by atoms with Gasteiger partial charge in [0.2, 0.25) is 11.8 Å². The van der Waals surface area contributed by atoms with Crippen LogP contribution in [0.25, 0.3) is 0 Å². The molecule has 1 heterocycles. The van der Waals surface area contributed by atoms with Gasteiger partial charge < -0.3 is 30.5 Å². The number of aliphatic hydroxyl groups excluding tert-OH is 1. The number of benzene rings is 1. The number of hydrogen-bond donors (Lipinski definition) is 4. The Hall–Kier alpha value is -2.65. The molecule has 3 amide bonds. The number of carbonyl (C=O) groups is 3. The molecule has 4 N–H and O–H groups in total. The Bertz CT molecular complexity index is 799. The van der Waals surface area contributed by atoms with Gasteiger partial charge in [-0.15, -0.1) is 0 Å². The van der Waals surface area contributed by atoms with Crippen molar-refractivity contribution in [3.05, 3.63) is 35.9 Å². The van der Waals surface area contributed by atoms with Crippen molar-refractivity contribution in [2.45, 2.75) is 69.6 Å². The molecule has 0 bridgehead atoms. The summed E-state index contributed by atoms with van der Waals surface area (Å²) in [5.41, 5.74) is 1.02. The fourth-order valence-corrected chi connectivity index (χ4v) is 4.85. The first-order chi connectivity index (χ1) is 16.5. The molecule has 1 saturated carbocycles. The van der Waals surface area contributed by atoms with Gasteiger partial charge in [0.05, 0.1) is 25.8 Å². The maximum Gasteiger partial charge on any atom is 0.405 e. The molecule has 34 heavy (non-hydrogen) atoms. The summed E-state index contributed by atoms with van der Waals surface area (Å²) >= 11 is 0. The van der Waals surface area contributed by atoms with E-state index in [1.54, 1.807) is 4.90 Å². The van der Waals surface area contributed by atoms with Gasteiger partial charge >= 0.3 is 6.09 Å². The average molecular weight is 476 g/mol. The zero-order valence-corrected chi connectivity index (χ0v) is 19.7. The van der Waals surface area contributed by atoms with E-state index < -0.39 is 24.1 Å². The van der Waals surface area contributed by atoms with E-state index in [0.29, 0.717) is 32.0 Å². The second-order valence-electron chi connectivity index (χ2n) is 9.28. The summed E-state index contributed by atoms with van der Waals surface area (Å²) in [7, 11) is 0. The number of amides is 3. The monoisotopic (exact) mass is 475 g/mol. The van der Waals surface area contributed by atoms with Crippen molar-refractivity contribution in [3.63, 3.8) is 0 Å². The number of rotatable bonds is 10. The topological polar surface area (TPSA) is 128 Å². The number of hydrogen-bond acceptors (Lipinski definition) is 5. The lowest BCUT2D eigenvalue weighted by Gasteiger charge is -2.33. The van der Waals surface area contributed by atoms with Gasteiger partial charge in [0.1, 0.15) is 12.1 Å². The van der Waals surface area contributed by atoms with Crippen molar-refractivity contribution in [1.82, 2.24) is 15.5 Å². The molecule has 188 valence electrons. The van der Waals surface area contributed by atoms with E-state index in [4.69, 9.17) is 4.74 Å². The molecular formula is C25H37N3O6. The van der Waals surface area contributed by atoms with Gasteiger partial charge in [-0.05, 0) is 24.3 Å². The van der Waals surface area contributed by atoms with E-state index in [2.05, 4.69) is 10.6 Å². The van der Waals surface area contributed by atoms with Crippen LogP contribution in [-0.2, 0) is 14.3 Å². The highest BCUT2D eigenvalue weighted by Crippen LogP contribution is 2.27. The molecule has 3 rings (SSSR count). The SMILES string of the molecule is O=C(O)N[C@@H](CC1CCCCC1)C(=O)N[C@H](CO)CCC(=O)N1CCOC(c2ccccc2)C1. The Morgan fingerprint density at radius 3 is 2.50 bits per heavy atom. The number of carbonyl (C=O) groups excluding carboxylic acids is 2. The number of carboxylic acid groups (broad SMARTS) is 1. The second-order valence-corrected chi connectivity index (χ2v) is 9.28. The van der Waals surface area contributed by atoms with Gasteiger partial charge in [-0.2, -0.15) is 0 Å². The number of morpholine rings is 1. The molecule has 1 saturated heterocycles. The van der Waals surface area contributed by atoms with Crippen molar-refractivity contribution in [2.24, 2.45) is 5.92 Å². The van der Waals surface area contributed by atoms with Crippen molar-refractivity contribution >= 4 is 17.9 Å². The van der Waals surface area contributed by atoms with Crippen LogP contribution in [0.4, 0.5) is 4.79 Å². The van der Waals surface area contributed by atoms with Crippen LogP contribution < -0.4 is 10.6 Å². The van der Waals surface area contributed by atoms with E-state index in [9.17, 15) is 24.6 Å². The summed E-state index contributed by atoms with van der Waals surface area (Å²) in [6.07, 6.45) is 4.84. The predicted molar refractivity (Wildman–Crippen MR) is 126 cm³/mol. The summed E-state index contributed by atoms with van der Waals surface area (Å²) in [4.78, 5) is 38.6. The van der Waals surface area contributed by atoms with Crippen LogP contribution >= 0.6 is 0 Å². The van der Waals surface area contributed by atoms with E-state index in [1.165, 1.54) is 6.42 Å². The lowest BCUT2D eigenvalue weighted by atomic mass is 9.84. The maximum atomic E-state index is 12.8. The third-order valence-corrected chi connectivity index (χ3v) is 6.77. The van der Waals surface area contributed by atoms with E-state index in [1.807, 2.05) is 30.3 Å². The van der Waals surface area contributed by atoms with Crippen LogP contribution in [0, 0.1) is 5.92 Å². The lowest BCUT2D eigenvalue weighted by Crippen LogP contribution is -2.51. The lowest BCUT2D eigenvalue weighted by molar-refractivity contribution is -0.139. The van der Waals surface area contributed by atoms with Crippen LogP contribution in [0.1, 0.15) is 63.0 Å². The number of ether oxygens (including phenoxy) is 1. The van der Waals surface area contributed by atoms with E-state index >= 15 is 0 Å². The normalized spacial score (nSPS) is 20.9.